The minimum Gasteiger partial charge on any atom is -0.396 e. The van der Waals surface area contributed by atoms with Gasteiger partial charge in [0.2, 0.25) is 0 Å². The fraction of sp³-hybridized carbons (Fsp3) is 1.00. The van der Waals surface area contributed by atoms with Crippen molar-refractivity contribution in [2.45, 2.75) is 32.8 Å². The lowest BCUT2D eigenvalue weighted by molar-refractivity contribution is -0.00166. The maximum Gasteiger partial charge on any atom is 0.0593 e. The summed E-state index contributed by atoms with van der Waals surface area (Å²) >= 11 is 0. The summed E-state index contributed by atoms with van der Waals surface area (Å²) in [6.45, 7) is 4.50. The van der Waals surface area contributed by atoms with Crippen LogP contribution in [0.3, 0.4) is 0 Å². The van der Waals surface area contributed by atoms with Crippen molar-refractivity contribution in [3.63, 3.8) is 0 Å². The van der Waals surface area contributed by atoms with Crippen molar-refractivity contribution in [2.75, 3.05) is 6.61 Å². The maximum atomic E-state index is 9.50. The molecule has 0 amide bonds. The molecule has 0 radical (unpaired) electrons. The molecule has 1 saturated carbocycles. The van der Waals surface area contributed by atoms with Crippen molar-refractivity contribution >= 4 is 0 Å². The Morgan fingerprint density at radius 1 is 1.18 bits per heavy atom. The third-order valence-electron chi connectivity index (χ3n) is 3.04. The highest BCUT2D eigenvalue weighted by atomic mass is 16.3. The van der Waals surface area contributed by atoms with Crippen molar-refractivity contribution in [2.24, 2.45) is 17.8 Å². The van der Waals surface area contributed by atoms with Gasteiger partial charge in [0.1, 0.15) is 0 Å². The molecule has 1 aliphatic carbocycles. The van der Waals surface area contributed by atoms with Crippen molar-refractivity contribution in [1.29, 1.82) is 0 Å². The van der Waals surface area contributed by atoms with E-state index in [9.17, 15) is 5.11 Å². The summed E-state index contributed by atoms with van der Waals surface area (Å²) in [4.78, 5) is 0. The van der Waals surface area contributed by atoms with E-state index in [4.69, 9.17) is 5.11 Å². The average Bonchev–Trinajstić information content (AvgIpc) is 1.97. The SMILES string of the molecule is CC1CC(O)C(CO)CC1C. The summed E-state index contributed by atoms with van der Waals surface area (Å²) in [5, 5.41) is 18.4. The molecule has 1 fully saturated rings. The van der Waals surface area contributed by atoms with Gasteiger partial charge in [-0.25, -0.2) is 0 Å². The Bertz CT molecular complexity index is 125. The summed E-state index contributed by atoms with van der Waals surface area (Å²) in [7, 11) is 0. The van der Waals surface area contributed by atoms with Gasteiger partial charge in [0, 0.05) is 12.5 Å². The lowest BCUT2D eigenvalue weighted by atomic mass is 9.74. The molecule has 2 N–H and O–H groups in total. The Balaban J connectivity index is 2.48. The number of aliphatic hydroxyl groups is 2. The van der Waals surface area contributed by atoms with E-state index in [1.54, 1.807) is 0 Å². The van der Waals surface area contributed by atoms with Crippen LogP contribution in [0.15, 0.2) is 0 Å². The summed E-state index contributed by atoms with van der Waals surface area (Å²) < 4.78 is 0. The highest BCUT2D eigenvalue weighted by molar-refractivity contribution is 4.81. The van der Waals surface area contributed by atoms with Crippen LogP contribution in [0.25, 0.3) is 0 Å². The molecule has 0 aromatic carbocycles. The zero-order valence-electron chi connectivity index (χ0n) is 7.33. The monoisotopic (exact) mass is 158 g/mol. The van der Waals surface area contributed by atoms with Crippen LogP contribution in [-0.2, 0) is 0 Å². The second-order valence-electron chi connectivity index (χ2n) is 3.94. The van der Waals surface area contributed by atoms with Crippen molar-refractivity contribution in [3.05, 3.63) is 0 Å². The van der Waals surface area contributed by atoms with Gasteiger partial charge in [0.15, 0.2) is 0 Å². The van der Waals surface area contributed by atoms with E-state index >= 15 is 0 Å². The van der Waals surface area contributed by atoms with Gasteiger partial charge in [-0.15, -0.1) is 0 Å². The first-order chi connectivity index (χ1) is 5.15. The molecule has 2 nitrogen and oxygen atoms in total. The summed E-state index contributed by atoms with van der Waals surface area (Å²) in [6, 6.07) is 0. The number of aliphatic hydroxyl groups excluding tert-OH is 2. The van der Waals surface area contributed by atoms with Gasteiger partial charge >= 0.3 is 0 Å². The first-order valence-corrected chi connectivity index (χ1v) is 4.44. The van der Waals surface area contributed by atoms with E-state index in [0.717, 1.165) is 12.8 Å². The van der Waals surface area contributed by atoms with E-state index in [-0.39, 0.29) is 18.6 Å². The van der Waals surface area contributed by atoms with Gasteiger partial charge in [-0.3, -0.25) is 0 Å². The molecule has 0 aromatic rings. The zero-order chi connectivity index (χ0) is 8.43. The third-order valence-corrected chi connectivity index (χ3v) is 3.04. The highest BCUT2D eigenvalue weighted by Crippen LogP contribution is 2.33. The van der Waals surface area contributed by atoms with Crippen LogP contribution in [0.2, 0.25) is 0 Å². The van der Waals surface area contributed by atoms with Crippen LogP contribution >= 0.6 is 0 Å². The smallest absolute Gasteiger partial charge is 0.0593 e. The lowest BCUT2D eigenvalue weighted by Gasteiger charge is -2.35. The van der Waals surface area contributed by atoms with Crippen molar-refractivity contribution in [3.8, 4) is 0 Å². The number of hydrogen-bond acceptors (Lipinski definition) is 2. The first kappa shape index (κ1) is 9.01. The summed E-state index contributed by atoms with van der Waals surface area (Å²) in [5.41, 5.74) is 0. The van der Waals surface area contributed by atoms with Crippen LogP contribution < -0.4 is 0 Å². The van der Waals surface area contributed by atoms with E-state index in [0.29, 0.717) is 11.8 Å². The average molecular weight is 158 g/mol. The maximum absolute atomic E-state index is 9.50. The van der Waals surface area contributed by atoms with Gasteiger partial charge in [0.25, 0.3) is 0 Å². The molecule has 0 bridgehead atoms. The topological polar surface area (TPSA) is 40.5 Å². The minimum atomic E-state index is -0.272. The fourth-order valence-corrected chi connectivity index (χ4v) is 1.87. The molecule has 0 saturated heterocycles. The fourth-order valence-electron chi connectivity index (χ4n) is 1.87. The first-order valence-electron chi connectivity index (χ1n) is 4.44. The molecule has 2 heteroatoms. The molecule has 0 heterocycles. The van der Waals surface area contributed by atoms with E-state index in [1.807, 2.05) is 0 Å². The van der Waals surface area contributed by atoms with Gasteiger partial charge in [0.05, 0.1) is 6.10 Å². The summed E-state index contributed by atoms with van der Waals surface area (Å²) in [6.07, 6.45) is 1.55. The third kappa shape index (κ3) is 1.94. The van der Waals surface area contributed by atoms with Crippen LogP contribution in [-0.4, -0.2) is 22.9 Å². The lowest BCUT2D eigenvalue weighted by Crippen LogP contribution is -2.35. The number of rotatable bonds is 1. The molecule has 1 aliphatic rings. The van der Waals surface area contributed by atoms with E-state index in [1.165, 1.54) is 0 Å². The molecular weight excluding hydrogens is 140 g/mol. The Hall–Kier alpha value is -0.0800. The van der Waals surface area contributed by atoms with Gasteiger partial charge in [-0.2, -0.15) is 0 Å². The highest BCUT2D eigenvalue weighted by Gasteiger charge is 2.30. The molecule has 11 heavy (non-hydrogen) atoms. The minimum absolute atomic E-state index is 0.126. The second kappa shape index (κ2) is 3.55. The molecule has 0 aromatic heterocycles. The summed E-state index contributed by atoms with van der Waals surface area (Å²) in [5.74, 6) is 1.38. The second-order valence-corrected chi connectivity index (χ2v) is 3.94. The van der Waals surface area contributed by atoms with Gasteiger partial charge in [-0.1, -0.05) is 13.8 Å². The molecule has 1 rings (SSSR count). The predicted octanol–water partition coefficient (Wildman–Crippen LogP) is 1.02. The standard InChI is InChI=1S/C9H18O2/c1-6-3-8(5-10)9(11)4-7(6)2/h6-11H,3-5H2,1-2H3. The zero-order valence-corrected chi connectivity index (χ0v) is 7.33. The quantitative estimate of drug-likeness (QED) is 0.598. The molecule has 0 aliphatic heterocycles. The van der Waals surface area contributed by atoms with Crippen molar-refractivity contribution < 1.29 is 10.2 Å². The predicted molar refractivity (Wildman–Crippen MR) is 44.1 cm³/mol. The largest absolute Gasteiger partial charge is 0.396 e. The van der Waals surface area contributed by atoms with Gasteiger partial charge in [-0.05, 0) is 24.7 Å². The molecule has 66 valence electrons. The molecule has 4 unspecified atom stereocenters. The van der Waals surface area contributed by atoms with Crippen LogP contribution in [0.1, 0.15) is 26.7 Å². The Morgan fingerprint density at radius 2 is 1.73 bits per heavy atom. The van der Waals surface area contributed by atoms with Crippen LogP contribution in [0.4, 0.5) is 0 Å². The number of hydrogen-bond donors (Lipinski definition) is 2. The molecular formula is C9H18O2. The Labute approximate surface area is 68.2 Å². The van der Waals surface area contributed by atoms with Crippen LogP contribution in [0.5, 0.6) is 0 Å². The molecule has 0 spiro atoms. The van der Waals surface area contributed by atoms with Crippen molar-refractivity contribution in [1.82, 2.24) is 0 Å². The normalized spacial score (nSPS) is 45.8. The molecule has 4 atom stereocenters. The van der Waals surface area contributed by atoms with E-state index in [2.05, 4.69) is 13.8 Å². The Morgan fingerprint density at radius 3 is 2.27 bits per heavy atom. The van der Waals surface area contributed by atoms with E-state index < -0.39 is 0 Å². The van der Waals surface area contributed by atoms with Gasteiger partial charge < -0.3 is 10.2 Å². The van der Waals surface area contributed by atoms with Crippen LogP contribution in [0, 0.1) is 17.8 Å². The Kier molecular flexibility index (Phi) is 2.90.